The first-order valence-corrected chi connectivity index (χ1v) is 3.64. The van der Waals surface area contributed by atoms with Gasteiger partial charge in [-0.15, -0.1) is 0 Å². The summed E-state index contributed by atoms with van der Waals surface area (Å²) >= 11 is 0. The van der Waals surface area contributed by atoms with E-state index >= 15 is 0 Å². The van der Waals surface area contributed by atoms with Crippen LogP contribution in [0.1, 0.15) is 0 Å². The molecule has 1 N–H and O–H groups in total. The SMILES string of the molecule is O=[N+]([O-])c1cc([N+](=O)[O-])c(O)c([N+](=O)[O-])c1.[SrH2]. The van der Waals surface area contributed by atoms with Gasteiger partial charge in [0.15, 0.2) is 0 Å². The fourth-order valence-corrected chi connectivity index (χ4v) is 0.974. The summed E-state index contributed by atoms with van der Waals surface area (Å²) in [6.45, 7) is 0. The topological polar surface area (TPSA) is 150 Å². The molecule has 17 heavy (non-hydrogen) atoms. The number of aromatic hydroxyl groups is 1. The average Bonchev–Trinajstić information content (AvgIpc) is 2.16. The van der Waals surface area contributed by atoms with Crippen molar-refractivity contribution in [3.63, 3.8) is 0 Å². The summed E-state index contributed by atoms with van der Waals surface area (Å²) < 4.78 is 0. The Bertz CT molecular complexity index is 467. The summed E-state index contributed by atoms with van der Waals surface area (Å²) in [4.78, 5) is 27.8. The minimum atomic E-state index is -1.21. The molecule has 88 valence electrons. The Hall–Kier alpha value is -1.30. The predicted molar refractivity (Wildman–Crippen MR) is 56.6 cm³/mol. The monoisotopic (exact) mass is 319 g/mol. The number of nitrogens with zero attached hydrogens (tertiary/aromatic N) is 3. The Morgan fingerprint density at radius 2 is 1.24 bits per heavy atom. The van der Waals surface area contributed by atoms with E-state index in [-0.39, 0.29) is 45.5 Å². The number of phenolic OH excluding ortho intramolecular Hbond substituents is 1. The van der Waals surface area contributed by atoms with E-state index in [1.165, 1.54) is 0 Å². The van der Waals surface area contributed by atoms with Crippen LogP contribution in [-0.2, 0) is 0 Å². The van der Waals surface area contributed by atoms with Crippen LogP contribution < -0.4 is 0 Å². The zero-order valence-electron chi connectivity index (χ0n) is 7.39. The number of nitro benzene ring substituents is 3. The summed E-state index contributed by atoms with van der Waals surface area (Å²) in [5.41, 5.74) is -3.00. The van der Waals surface area contributed by atoms with Gasteiger partial charge in [-0.1, -0.05) is 0 Å². The molecule has 0 aromatic heterocycles. The maximum atomic E-state index is 10.4. The van der Waals surface area contributed by atoms with Crippen LogP contribution in [0.5, 0.6) is 5.75 Å². The van der Waals surface area contributed by atoms with Crippen molar-refractivity contribution < 1.29 is 19.9 Å². The van der Waals surface area contributed by atoms with Gasteiger partial charge < -0.3 is 5.11 Å². The number of hydrogen-bond acceptors (Lipinski definition) is 7. The van der Waals surface area contributed by atoms with Crippen LogP contribution in [0, 0.1) is 30.3 Å². The van der Waals surface area contributed by atoms with Gasteiger partial charge in [-0.05, 0) is 0 Å². The number of benzene rings is 1. The van der Waals surface area contributed by atoms with Gasteiger partial charge in [-0.25, -0.2) is 0 Å². The van der Waals surface area contributed by atoms with E-state index in [0.29, 0.717) is 12.1 Å². The van der Waals surface area contributed by atoms with Gasteiger partial charge in [0.1, 0.15) is 0 Å². The van der Waals surface area contributed by atoms with E-state index < -0.39 is 37.6 Å². The van der Waals surface area contributed by atoms with Crippen molar-refractivity contribution in [3.8, 4) is 5.75 Å². The maximum absolute atomic E-state index is 10.4. The van der Waals surface area contributed by atoms with Crippen molar-refractivity contribution in [2.75, 3.05) is 0 Å². The average molecular weight is 319 g/mol. The third kappa shape index (κ3) is 3.33. The molecular formula is C6H5N3O7Sr. The van der Waals surface area contributed by atoms with E-state index in [2.05, 4.69) is 0 Å². The molecule has 1 aromatic rings. The van der Waals surface area contributed by atoms with Crippen molar-refractivity contribution in [3.05, 3.63) is 42.5 Å². The van der Waals surface area contributed by atoms with E-state index in [9.17, 15) is 30.3 Å². The van der Waals surface area contributed by atoms with E-state index in [4.69, 9.17) is 5.11 Å². The van der Waals surface area contributed by atoms with Gasteiger partial charge >= 0.3 is 56.9 Å². The van der Waals surface area contributed by atoms with Crippen LogP contribution in [0.25, 0.3) is 0 Å². The number of nitro groups is 3. The van der Waals surface area contributed by atoms with E-state index in [1.54, 1.807) is 0 Å². The predicted octanol–water partition coefficient (Wildman–Crippen LogP) is 0.201. The molecule has 0 unspecified atom stereocenters. The summed E-state index contributed by atoms with van der Waals surface area (Å²) in [5.74, 6) is -1.21. The summed E-state index contributed by atoms with van der Waals surface area (Å²) in [6, 6.07) is 0.894. The molecule has 0 fully saturated rings. The fourth-order valence-electron chi connectivity index (χ4n) is 0.974. The molecule has 0 spiro atoms. The van der Waals surface area contributed by atoms with Gasteiger partial charge in [0.25, 0.3) is 11.4 Å². The van der Waals surface area contributed by atoms with Crippen molar-refractivity contribution in [1.82, 2.24) is 0 Å². The Morgan fingerprint density at radius 3 is 1.47 bits per heavy atom. The van der Waals surface area contributed by atoms with Crippen LogP contribution in [0.4, 0.5) is 17.1 Å². The first kappa shape index (κ1) is 15.7. The number of rotatable bonds is 3. The molecule has 0 bridgehead atoms. The molecule has 0 radical (unpaired) electrons. The van der Waals surface area contributed by atoms with Crippen LogP contribution in [0.15, 0.2) is 12.1 Å². The molecule has 1 rings (SSSR count). The molecule has 11 heteroatoms. The first-order chi connectivity index (χ1) is 7.34. The van der Waals surface area contributed by atoms with Crippen LogP contribution >= 0.6 is 0 Å². The molecule has 10 nitrogen and oxygen atoms in total. The molecule has 0 aliphatic heterocycles. The molecule has 0 atom stereocenters. The quantitative estimate of drug-likeness (QED) is 0.475. The summed E-state index contributed by atoms with van der Waals surface area (Å²) in [7, 11) is 0. The molecule has 0 aliphatic carbocycles. The molecule has 0 heterocycles. The molecule has 0 saturated heterocycles. The summed E-state index contributed by atoms with van der Waals surface area (Å²) in [6.07, 6.45) is 0. The number of hydrogen-bond donors (Lipinski definition) is 1. The second-order valence-corrected chi connectivity index (χ2v) is 2.60. The minimum absolute atomic E-state index is 0. The van der Waals surface area contributed by atoms with Crippen LogP contribution in [0.3, 0.4) is 0 Å². The second kappa shape index (κ2) is 5.86. The Labute approximate surface area is 130 Å². The second-order valence-electron chi connectivity index (χ2n) is 2.60. The van der Waals surface area contributed by atoms with Crippen molar-refractivity contribution in [2.24, 2.45) is 0 Å². The van der Waals surface area contributed by atoms with Gasteiger partial charge in [-0.3, -0.25) is 30.3 Å². The van der Waals surface area contributed by atoms with Crippen molar-refractivity contribution in [2.45, 2.75) is 0 Å². The fraction of sp³-hybridized carbons (Fsp3) is 0. The van der Waals surface area contributed by atoms with Gasteiger partial charge in [0, 0.05) is 0 Å². The molecule has 0 amide bonds. The third-order valence-corrected chi connectivity index (χ3v) is 1.66. The van der Waals surface area contributed by atoms with Crippen molar-refractivity contribution >= 4 is 62.5 Å². The Morgan fingerprint density at radius 1 is 0.882 bits per heavy atom. The number of phenols is 1. The Kier molecular flexibility index (Phi) is 5.41. The van der Waals surface area contributed by atoms with Crippen molar-refractivity contribution in [1.29, 1.82) is 0 Å². The van der Waals surface area contributed by atoms with Crippen LogP contribution in [0.2, 0.25) is 0 Å². The molecule has 0 aliphatic rings. The Balaban J connectivity index is 0.00000256. The first-order valence-electron chi connectivity index (χ1n) is 3.64. The molecule has 1 aromatic carbocycles. The van der Waals surface area contributed by atoms with E-state index in [1.807, 2.05) is 0 Å². The zero-order chi connectivity index (χ0) is 12.5. The van der Waals surface area contributed by atoms with Crippen LogP contribution in [-0.4, -0.2) is 65.4 Å². The summed E-state index contributed by atoms with van der Waals surface area (Å²) in [5, 5.41) is 40.2. The third-order valence-electron chi connectivity index (χ3n) is 1.66. The molecule has 0 saturated carbocycles. The van der Waals surface area contributed by atoms with E-state index in [0.717, 1.165) is 0 Å². The van der Waals surface area contributed by atoms with Gasteiger partial charge in [0.05, 0.1) is 26.9 Å². The zero-order valence-corrected chi connectivity index (χ0v) is 7.39. The standard InChI is InChI=1S/C6H3N3O7.Sr.2H/c10-6-4(8(13)14)1-3(7(11)12)2-5(6)9(15)16;;;/h1-2,10H;;;. The normalized spacial score (nSPS) is 9.18. The number of non-ortho nitro benzene ring substituents is 1. The van der Waals surface area contributed by atoms with Gasteiger partial charge in [-0.2, -0.15) is 0 Å². The van der Waals surface area contributed by atoms with Gasteiger partial charge in [0.2, 0.25) is 0 Å². The molecular weight excluding hydrogens is 314 g/mol.